The van der Waals surface area contributed by atoms with Gasteiger partial charge in [0.15, 0.2) is 16.6 Å². The number of hydrogen-bond acceptors (Lipinski definition) is 3. The number of pyridine rings is 1. The van der Waals surface area contributed by atoms with E-state index in [2.05, 4.69) is 4.98 Å². The molecule has 0 fully saturated rings. The lowest BCUT2D eigenvalue weighted by molar-refractivity contribution is 0.365. The fourth-order valence-electron chi connectivity index (χ4n) is 4.28. The smallest absolute Gasteiger partial charge is 0.195 e. The van der Waals surface area contributed by atoms with Gasteiger partial charge in [0.05, 0.1) is 0 Å². The first-order valence-electron chi connectivity index (χ1n) is 7.94. The van der Waals surface area contributed by atoms with Crippen molar-refractivity contribution in [3.63, 3.8) is 0 Å². The van der Waals surface area contributed by atoms with Crippen molar-refractivity contribution in [2.45, 2.75) is 0 Å². The van der Waals surface area contributed by atoms with Crippen LogP contribution in [0.5, 0.6) is 5.75 Å². The average molecular weight is 322 g/mol. The molecular formula is C21H8NO3. The van der Waals surface area contributed by atoms with Crippen LogP contribution in [0.15, 0.2) is 58.4 Å². The first kappa shape index (κ1) is 12.8. The predicted molar refractivity (Wildman–Crippen MR) is 97.1 cm³/mol. The summed E-state index contributed by atoms with van der Waals surface area (Å²) in [5.41, 5.74) is 1.15. The van der Waals surface area contributed by atoms with Crippen molar-refractivity contribution < 1.29 is 5.11 Å². The molecule has 4 heteroatoms. The summed E-state index contributed by atoms with van der Waals surface area (Å²) in [7, 11) is 0. The Labute approximate surface area is 139 Å². The summed E-state index contributed by atoms with van der Waals surface area (Å²) in [4.78, 5) is 30.1. The minimum absolute atomic E-state index is 0.140. The molecule has 4 aromatic rings. The van der Waals surface area contributed by atoms with Crippen LogP contribution in [0.4, 0.5) is 0 Å². The molecule has 115 valence electrons. The minimum atomic E-state index is -0.187. The molecule has 0 amide bonds. The van der Waals surface area contributed by atoms with E-state index in [9.17, 15) is 14.7 Å². The highest BCUT2D eigenvalue weighted by atomic mass is 16.3. The van der Waals surface area contributed by atoms with Crippen LogP contribution in [0.1, 0.15) is 0 Å². The number of nitrogens with zero attached hydrogens (tertiary/aromatic N) is 1. The molecular weight excluding hydrogens is 314 g/mol. The highest BCUT2D eigenvalue weighted by Gasteiger charge is 2.27. The van der Waals surface area contributed by atoms with E-state index in [0.717, 1.165) is 5.56 Å². The van der Waals surface area contributed by atoms with Gasteiger partial charge in [-0.15, -0.1) is 0 Å². The van der Waals surface area contributed by atoms with Crippen LogP contribution in [0.2, 0.25) is 0 Å². The predicted octanol–water partition coefficient (Wildman–Crippen LogP) is 3.98. The molecule has 1 heterocycles. The SMILES string of the molecule is [O]c1c2cccc3c(=O)c4cccc5c4-c(c23)c2c1cncc2c5=O. The molecule has 0 aliphatic heterocycles. The second kappa shape index (κ2) is 3.92. The molecule has 0 unspecified atom stereocenters. The Morgan fingerprint density at radius 2 is 1.16 bits per heavy atom. The summed E-state index contributed by atoms with van der Waals surface area (Å²) in [5, 5.41) is 17.2. The maximum Gasteiger partial charge on any atom is 0.195 e. The highest BCUT2D eigenvalue weighted by Crippen LogP contribution is 2.48. The molecule has 0 N–H and O–H groups in total. The van der Waals surface area contributed by atoms with Crippen molar-refractivity contribution in [3.8, 4) is 16.9 Å². The molecule has 0 bridgehead atoms. The number of rotatable bonds is 0. The van der Waals surface area contributed by atoms with E-state index in [-0.39, 0.29) is 16.6 Å². The minimum Gasteiger partial charge on any atom is -0.289 e. The third-order valence-electron chi connectivity index (χ3n) is 5.29. The van der Waals surface area contributed by atoms with Gasteiger partial charge in [-0.3, -0.25) is 19.7 Å². The van der Waals surface area contributed by atoms with Crippen molar-refractivity contribution >= 4 is 43.1 Å². The van der Waals surface area contributed by atoms with E-state index in [1.807, 2.05) is 0 Å². The Hall–Kier alpha value is -3.53. The van der Waals surface area contributed by atoms with Crippen molar-refractivity contribution in [3.05, 3.63) is 69.2 Å². The summed E-state index contributed by atoms with van der Waals surface area (Å²) >= 11 is 0. The van der Waals surface area contributed by atoms with Crippen molar-refractivity contribution in [1.29, 1.82) is 0 Å². The second-order valence-corrected chi connectivity index (χ2v) is 6.43. The van der Waals surface area contributed by atoms with E-state index >= 15 is 0 Å². The van der Waals surface area contributed by atoms with Crippen molar-refractivity contribution in [2.75, 3.05) is 0 Å². The van der Waals surface area contributed by atoms with Crippen LogP contribution in [0.25, 0.3) is 54.2 Å². The molecule has 2 aliphatic rings. The van der Waals surface area contributed by atoms with Crippen LogP contribution >= 0.6 is 0 Å². The second-order valence-electron chi connectivity index (χ2n) is 6.43. The van der Waals surface area contributed by atoms with Gasteiger partial charge in [-0.25, -0.2) is 0 Å². The molecule has 0 spiro atoms. The lowest BCUT2D eigenvalue weighted by atomic mass is 9.81. The van der Waals surface area contributed by atoms with Crippen molar-refractivity contribution in [1.82, 2.24) is 4.98 Å². The monoisotopic (exact) mass is 322 g/mol. The zero-order valence-electron chi connectivity index (χ0n) is 12.8. The zero-order valence-corrected chi connectivity index (χ0v) is 12.8. The maximum atomic E-state index is 13.0. The quantitative estimate of drug-likeness (QED) is 0.314. The fraction of sp³-hybridized carbons (Fsp3) is 0. The third kappa shape index (κ3) is 1.26. The van der Waals surface area contributed by atoms with E-state index in [0.29, 0.717) is 48.7 Å². The molecule has 3 aromatic carbocycles. The van der Waals surface area contributed by atoms with E-state index < -0.39 is 0 Å². The Morgan fingerprint density at radius 1 is 0.600 bits per heavy atom. The van der Waals surface area contributed by atoms with Gasteiger partial charge in [-0.2, -0.15) is 0 Å². The largest absolute Gasteiger partial charge is 0.289 e. The van der Waals surface area contributed by atoms with Crippen LogP contribution in [0.3, 0.4) is 0 Å². The number of aromatic nitrogens is 1. The molecule has 1 radical (unpaired) electrons. The Balaban J connectivity index is 2.23. The molecule has 25 heavy (non-hydrogen) atoms. The van der Waals surface area contributed by atoms with E-state index in [1.165, 1.54) is 12.4 Å². The van der Waals surface area contributed by atoms with Gasteiger partial charge >= 0.3 is 0 Å². The summed E-state index contributed by atoms with van der Waals surface area (Å²) < 4.78 is 0. The van der Waals surface area contributed by atoms with Crippen LogP contribution < -0.4 is 10.9 Å². The van der Waals surface area contributed by atoms with Gasteiger partial charge in [0, 0.05) is 66.6 Å². The third-order valence-corrected chi connectivity index (χ3v) is 5.29. The Kier molecular flexibility index (Phi) is 2.02. The van der Waals surface area contributed by atoms with Crippen LogP contribution in [-0.4, -0.2) is 4.98 Å². The standard InChI is InChI=1S/C21H8NO3/c23-19-9-3-1-5-11-15(9)18-16-10(19)4-2-6-12(16)21(25)14-8-22-7-13(17(14)18)20(11)24/h1-8H. The zero-order chi connectivity index (χ0) is 16.9. The van der Waals surface area contributed by atoms with Gasteiger partial charge < -0.3 is 0 Å². The summed E-state index contributed by atoms with van der Waals surface area (Å²) in [6.45, 7) is 0. The highest BCUT2D eigenvalue weighted by molar-refractivity contribution is 6.31. The molecule has 6 rings (SSSR count). The Bertz CT molecular complexity index is 1430. The maximum absolute atomic E-state index is 13.0. The van der Waals surface area contributed by atoms with Gasteiger partial charge in [0.1, 0.15) is 0 Å². The normalized spacial score (nSPS) is 12.5. The average Bonchev–Trinajstić information content (AvgIpc) is 2.65. The number of benzene rings is 5. The first-order chi connectivity index (χ1) is 12.2. The fourth-order valence-corrected chi connectivity index (χ4v) is 4.28. The van der Waals surface area contributed by atoms with E-state index in [4.69, 9.17) is 0 Å². The molecule has 4 nitrogen and oxygen atoms in total. The summed E-state index contributed by atoms with van der Waals surface area (Å²) in [6, 6.07) is 10.4. The molecule has 1 aromatic heterocycles. The van der Waals surface area contributed by atoms with Gasteiger partial charge in [-0.05, 0) is 0 Å². The molecule has 2 aliphatic carbocycles. The lowest BCUT2D eigenvalue weighted by Gasteiger charge is -2.20. The van der Waals surface area contributed by atoms with Gasteiger partial charge in [0.2, 0.25) is 0 Å². The van der Waals surface area contributed by atoms with Gasteiger partial charge in [0.25, 0.3) is 0 Å². The summed E-state index contributed by atoms with van der Waals surface area (Å²) in [6.07, 6.45) is 3.03. The molecule has 0 saturated carbocycles. The van der Waals surface area contributed by atoms with Crippen molar-refractivity contribution in [2.24, 2.45) is 0 Å². The van der Waals surface area contributed by atoms with Crippen LogP contribution in [-0.2, 0) is 5.11 Å². The van der Waals surface area contributed by atoms with Gasteiger partial charge in [-0.1, -0.05) is 36.4 Å². The Morgan fingerprint density at radius 3 is 1.92 bits per heavy atom. The summed E-state index contributed by atoms with van der Waals surface area (Å²) in [5.74, 6) is -0.187. The first-order valence-corrected chi connectivity index (χ1v) is 7.94. The van der Waals surface area contributed by atoms with Crippen LogP contribution in [0, 0.1) is 0 Å². The molecule has 0 atom stereocenters. The topological polar surface area (TPSA) is 66.9 Å². The molecule has 0 saturated heterocycles. The van der Waals surface area contributed by atoms with E-state index in [1.54, 1.807) is 36.4 Å². The number of hydrogen-bond donors (Lipinski definition) is 0. The lowest BCUT2D eigenvalue weighted by Crippen LogP contribution is -2.13.